The van der Waals surface area contributed by atoms with Gasteiger partial charge in [-0.2, -0.15) is 5.10 Å². The smallest absolute Gasteiger partial charge is 0.343 e. The summed E-state index contributed by atoms with van der Waals surface area (Å²) in [6.45, 7) is 1.34. The Bertz CT molecular complexity index is 1100. The number of nitrogens with zero attached hydrogens (tertiary/aromatic N) is 3. The van der Waals surface area contributed by atoms with Gasteiger partial charge >= 0.3 is 5.97 Å². The number of anilines is 1. The van der Waals surface area contributed by atoms with E-state index in [1.165, 1.54) is 22.9 Å². The molecule has 0 aliphatic rings. The Morgan fingerprint density at radius 2 is 1.83 bits per heavy atom. The van der Waals surface area contributed by atoms with Crippen molar-refractivity contribution in [3.8, 4) is 0 Å². The number of esters is 1. The third-order valence-corrected chi connectivity index (χ3v) is 4.54. The lowest BCUT2D eigenvalue weighted by atomic mass is 10.2. The number of hydrogen-bond donors (Lipinski definition) is 1. The number of benzene rings is 2. The molecule has 30 heavy (non-hydrogen) atoms. The van der Waals surface area contributed by atoms with Crippen molar-refractivity contribution in [3.63, 3.8) is 0 Å². The minimum absolute atomic E-state index is 0.00782. The molecule has 1 N–H and O–H groups in total. The summed E-state index contributed by atoms with van der Waals surface area (Å²) in [5.74, 6) is -1.53. The van der Waals surface area contributed by atoms with Gasteiger partial charge in [-0.3, -0.25) is 14.9 Å². The van der Waals surface area contributed by atoms with Crippen LogP contribution in [-0.2, 0) is 16.1 Å². The molecule has 2 aromatic carbocycles. The van der Waals surface area contributed by atoms with Gasteiger partial charge in [0.05, 0.1) is 17.2 Å². The predicted octanol–water partition coefficient (Wildman–Crippen LogP) is 3.60. The second kappa shape index (κ2) is 9.19. The number of carbonyl (C=O) groups excluding carboxylic acids is 2. The zero-order valence-electron chi connectivity index (χ0n) is 15.9. The van der Waals surface area contributed by atoms with E-state index in [1.54, 1.807) is 13.0 Å². The van der Waals surface area contributed by atoms with Crippen LogP contribution in [-0.4, -0.2) is 33.2 Å². The van der Waals surface area contributed by atoms with Gasteiger partial charge in [-0.25, -0.2) is 9.48 Å². The van der Waals surface area contributed by atoms with Crippen LogP contribution in [0, 0.1) is 17.0 Å². The Balaban J connectivity index is 1.65. The van der Waals surface area contributed by atoms with Crippen LogP contribution in [0.2, 0.25) is 5.15 Å². The SMILES string of the molecule is Cc1nn(Cc2ccccc2)c(Cl)c1C(=O)OCC(=O)Nc1ccccc1[N+](=O)[O-]. The van der Waals surface area contributed by atoms with Crippen molar-refractivity contribution >= 4 is 34.9 Å². The third-order valence-electron chi connectivity index (χ3n) is 4.15. The summed E-state index contributed by atoms with van der Waals surface area (Å²) in [4.78, 5) is 34.9. The van der Waals surface area contributed by atoms with Crippen LogP contribution in [0.4, 0.5) is 11.4 Å². The van der Waals surface area contributed by atoms with Crippen molar-refractivity contribution in [1.82, 2.24) is 9.78 Å². The normalized spacial score (nSPS) is 10.5. The summed E-state index contributed by atoms with van der Waals surface area (Å²) in [5, 5.41) is 17.7. The maximum absolute atomic E-state index is 12.4. The first kappa shape index (κ1) is 21.0. The number of nitro benzene ring substituents is 1. The third kappa shape index (κ3) is 4.81. The Morgan fingerprint density at radius 1 is 1.17 bits per heavy atom. The van der Waals surface area contributed by atoms with Gasteiger partial charge in [-0.05, 0) is 18.6 Å². The molecule has 0 saturated heterocycles. The Morgan fingerprint density at radius 3 is 2.53 bits per heavy atom. The maximum Gasteiger partial charge on any atom is 0.343 e. The van der Waals surface area contributed by atoms with Crippen molar-refractivity contribution < 1.29 is 19.2 Å². The quantitative estimate of drug-likeness (QED) is 0.349. The van der Waals surface area contributed by atoms with Crippen molar-refractivity contribution in [2.24, 2.45) is 0 Å². The number of aryl methyl sites for hydroxylation is 1. The fourth-order valence-electron chi connectivity index (χ4n) is 2.77. The Kier molecular flexibility index (Phi) is 6.43. The van der Waals surface area contributed by atoms with Crippen LogP contribution < -0.4 is 5.32 Å². The lowest BCUT2D eigenvalue weighted by Crippen LogP contribution is -2.21. The van der Waals surface area contributed by atoms with Gasteiger partial charge < -0.3 is 10.1 Å². The molecule has 1 heterocycles. The average Bonchev–Trinajstić information content (AvgIpc) is 3.00. The molecule has 10 heteroatoms. The zero-order valence-corrected chi connectivity index (χ0v) is 16.6. The molecule has 3 aromatic rings. The van der Waals surface area contributed by atoms with E-state index in [0.717, 1.165) is 5.56 Å². The van der Waals surface area contributed by atoms with E-state index in [9.17, 15) is 19.7 Å². The van der Waals surface area contributed by atoms with E-state index in [-0.39, 0.29) is 22.1 Å². The standard InChI is InChI=1S/C20H17ClN4O5/c1-13-18(19(21)24(23-13)11-14-7-3-2-4-8-14)20(27)30-12-17(26)22-15-9-5-6-10-16(15)25(28)29/h2-10H,11-12H2,1H3,(H,22,26). The van der Waals surface area contributed by atoms with Gasteiger partial charge in [0.2, 0.25) is 0 Å². The molecule has 0 aliphatic carbocycles. The number of aromatic nitrogens is 2. The zero-order chi connectivity index (χ0) is 21.7. The predicted molar refractivity (Wildman–Crippen MR) is 110 cm³/mol. The molecule has 1 amide bonds. The first-order valence-electron chi connectivity index (χ1n) is 8.84. The van der Waals surface area contributed by atoms with Crippen LogP contribution in [0.5, 0.6) is 0 Å². The minimum atomic E-state index is -0.811. The van der Waals surface area contributed by atoms with Crippen molar-refractivity contribution in [3.05, 3.63) is 86.7 Å². The van der Waals surface area contributed by atoms with Crippen molar-refractivity contribution in [2.45, 2.75) is 13.5 Å². The van der Waals surface area contributed by atoms with Gasteiger partial charge in [-0.1, -0.05) is 54.1 Å². The number of carbonyl (C=O) groups is 2. The number of amides is 1. The number of rotatable bonds is 7. The molecule has 0 fully saturated rings. The van der Waals surface area contributed by atoms with Gasteiger partial charge in [0.1, 0.15) is 16.4 Å². The monoisotopic (exact) mass is 428 g/mol. The van der Waals surface area contributed by atoms with Crippen LogP contribution in [0.25, 0.3) is 0 Å². The lowest BCUT2D eigenvalue weighted by Gasteiger charge is -2.07. The summed E-state index contributed by atoms with van der Waals surface area (Å²) >= 11 is 6.30. The highest BCUT2D eigenvalue weighted by atomic mass is 35.5. The number of halogens is 1. The average molecular weight is 429 g/mol. The first-order chi connectivity index (χ1) is 14.4. The summed E-state index contributed by atoms with van der Waals surface area (Å²) in [6.07, 6.45) is 0. The second-order valence-corrected chi connectivity index (χ2v) is 6.65. The lowest BCUT2D eigenvalue weighted by molar-refractivity contribution is -0.383. The molecule has 9 nitrogen and oxygen atoms in total. The molecule has 0 radical (unpaired) electrons. The molecule has 0 bridgehead atoms. The van der Waals surface area contributed by atoms with E-state index >= 15 is 0 Å². The summed E-state index contributed by atoms with van der Waals surface area (Å²) in [5.41, 5.74) is 1.11. The van der Waals surface area contributed by atoms with Crippen molar-refractivity contribution in [2.75, 3.05) is 11.9 Å². The largest absolute Gasteiger partial charge is 0.452 e. The van der Waals surface area contributed by atoms with Crippen LogP contribution >= 0.6 is 11.6 Å². The van der Waals surface area contributed by atoms with E-state index in [0.29, 0.717) is 12.2 Å². The highest BCUT2D eigenvalue weighted by Crippen LogP contribution is 2.24. The number of hydrogen-bond acceptors (Lipinski definition) is 6. The summed E-state index contributed by atoms with van der Waals surface area (Å²) < 4.78 is 6.50. The summed E-state index contributed by atoms with van der Waals surface area (Å²) in [6, 6.07) is 15.1. The van der Waals surface area contributed by atoms with E-state index in [1.807, 2.05) is 30.3 Å². The molecule has 0 unspecified atom stereocenters. The Hall–Kier alpha value is -3.72. The highest BCUT2D eigenvalue weighted by molar-refractivity contribution is 6.32. The molecule has 0 saturated carbocycles. The van der Waals surface area contributed by atoms with E-state index in [2.05, 4.69) is 10.4 Å². The van der Waals surface area contributed by atoms with Crippen molar-refractivity contribution in [1.29, 1.82) is 0 Å². The van der Waals surface area contributed by atoms with Crippen LogP contribution in [0.15, 0.2) is 54.6 Å². The van der Waals surface area contributed by atoms with E-state index < -0.39 is 23.4 Å². The Labute approximate surface area is 176 Å². The molecular weight excluding hydrogens is 412 g/mol. The van der Waals surface area contributed by atoms with Gasteiger partial charge in [-0.15, -0.1) is 0 Å². The molecule has 3 rings (SSSR count). The topological polar surface area (TPSA) is 116 Å². The number of para-hydroxylation sites is 2. The molecule has 154 valence electrons. The van der Waals surface area contributed by atoms with Crippen LogP contribution in [0.3, 0.4) is 0 Å². The highest BCUT2D eigenvalue weighted by Gasteiger charge is 2.23. The van der Waals surface area contributed by atoms with Gasteiger partial charge in [0.25, 0.3) is 11.6 Å². The van der Waals surface area contributed by atoms with Gasteiger partial charge in [0, 0.05) is 6.07 Å². The number of ether oxygens (including phenoxy) is 1. The second-order valence-electron chi connectivity index (χ2n) is 6.29. The molecule has 0 aliphatic heterocycles. The molecule has 0 atom stereocenters. The van der Waals surface area contributed by atoms with Crippen LogP contribution in [0.1, 0.15) is 21.6 Å². The summed E-state index contributed by atoms with van der Waals surface area (Å²) in [7, 11) is 0. The molecule has 1 aromatic heterocycles. The fraction of sp³-hybridized carbons (Fsp3) is 0.150. The molecule has 0 spiro atoms. The minimum Gasteiger partial charge on any atom is -0.452 e. The fourth-order valence-corrected chi connectivity index (χ4v) is 3.09. The molecular formula is C20H17ClN4O5. The first-order valence-corrected chi connectivity index (χ1v) is 9.22. The van der Waals surface area contributed by atoms with Gasteiger partial charge in [0.15, 0.2) is 6.61 Å². The number of nitrogens with one attached hydrogen (secondary N) is 1. The maximum atomic E-state index is 12.4. The van der Waals surface area contributed by atoms with E-state index in [4.69, 9.17) is 16.3 Å². The number of nitro groups is 1.